The van der Waals surface area contributed by atoms with Crippen LogP contribution in [0.2, 0.25) is 0 Å². The van der Waals surface area contributed by atoms with E-state index in [9.17, 15) is 13.2 Å². The number of aryl methyl sites for hydroxylation is 1. The van der Waals surface area contributed by atoms with Crippen LogP contribution in [0.4, 0.5) is 0 Å². The van der Waals surface area contributed by atoms with Gasteiger partial charge in [-0.3, -0.25) is 9.48 Å². The van der Waals surface area contributed by atoms with Gasteiger partial charge in [-0.2, -0.15) is 5.10 Å². The number of benzene rings is 1. The van der Waals surface area contributed by atoms with Gasteiger partial charge >= 0.3 is 0 Å². The maximum atomic E-state index is 13.4. The van der Waals surface area contributed by atoms with Crippen molar-refractivity contribution in [3.8, 4) is 0 Å². The van der Waals surface area contributed by atoms with E-state index in [0.29, 0.717) is 23.7 Å². The standard InChI is InChI=1S/C25H30N2O4S/c1-27-11-8-20(26-27)16-24(28)22(14-17-9-12-31-13-10-17)19-4-7-25(23(15-19)18-2-3-18)32(29,30)21-5-6-21/h4,7-8,11,14-15,17-18,21H,2-3,5-6,9-10,12-13,16H2,1H3/b22-14+. The molecule has 0 radical (unpaired) electrons. The van der Waals surface area contributed by atoms with Crippen LogP contribution in [-0.4, -0.2) is 42.4 Å². The molecule has 3 fully saturated rings. The lowest BCUT2D eigenvalue weighted by Gasteiger charge is -2.21. The third-order valence-corrected chi connectivity index (χ3v) is 9.02. The van der Waals surface area contributed by atoms with E-state index in [2.05, 4.69) is 11.2 Å². The topological polar surface area (TPSA) is 78.3 Å². The van der Waals surface area contributed by atoms with Crippen molar-refractivity contribution in [3.63, 3.8) is 0 Å². The van der Waals surface area contributed by atoms with E-state index in [1.807, 2.05) is 31.4 Å². The van der Waals surface area contributed by atoms with Crippen molar-refractivity contribution in [2.75, 3.05) is 13.2 Å². The molecule has 1 aromatic heterocycles. The largest absolute Gasteiger partial charge is 0.381 e. The van der Waals surface area contributed by atoms with E-state index in [0.717, 1.165) is 55.3 Å². The minimum absolute atomic E-state index is 0.0229. The lowest BCUT2D eigenvalue weighted by molar-refractivity contribution is -0.113. The Hall–Kier alpha value is -2.25. The van der Waals surface area contributed by atoms with Crippen molar-refractivity contribution in [1.29, 1.82) is 0 Å². The summed E-state index contributed by atoms with van der Waals surface area (Å²) < 4.78 is 33.2. The van der Waals surface area contributed by atoms with Crippen LogP contribution in [0.5, 0.6) is 0 Å². The zero-order chi connectivity index (χ0) is 22.3. The van der Waals surface area contributed by atoms with Gasteiger partial charge in [0.05, 0.1) is 22.3 Å². The van der Waals surface area contributed by atoms with Crippen LogP contribution in [0, 0.1) is 5.92 Å². The molecule has 1 aliphatic heterocycles. The molecule has 3 aliphatic rings. The first-order valence-electron chi connectivity index (χ1n) is 11.6. The molecule has 7 heteroatoms. The maximum absolute atomic E-state index is 13.4. The van der Waals surface area contributed by atoms with Gasteiger partial charge in [0.25, 0.3) is 0 Å². The number of ether oxygens (including phenoxy) is 1. The Morgan fingerprint density at radius 1 is 1.12 bits per heavy atom. The molecule has 2 aromatic rings. The maximum Gasteiger partial charge on any atom is 0.181 e. The first kappa shape index (κ1) is 21.6. The first-order chi connectivity index (χ1) is 15.4. The summed E-state index contributed by atoms with van der Waals surface area (Å²) in [4.78, 5) is 13.9. The number of rotatable bonds is 8. The molecule has 1 aromatic carbocycles. The molecule has 5 rings (SSSR count). The number of nitrogens with zero attached hydrogens (tertiary/aromatic N) is 2. The third kappa shape index (κ3) is 4.59. The lowest BCUT2D eigenvalue weighted by Crippen LogP contribution is -2.16. The number of carbonyl (C=O) groups excluding carboxylic acids is 1. The highest BCUT2D eigenvalue weighted by Gasteiger charge is 2.40. The zero-order valence-electron chi connectivity index (χ0n) is 18.5. The van der Waals surface area contributed by atoms with Crippen molar-refractivity contribution in [3.05, 3.63) is 53.4 Å². The van der Waals surface area contributed by atoms with Crippen LogP contribution in [0.3, 0.4) is 0 Å². The molecule has 0 bridgehead atoms. The average molecular weight is 455 g/mol. The molecule has 0 unspecified atom stereocenters. The molecule has 0 N–H and O–H groups in total. The number of Topliss-reactive ketones (excluding diaryl/α,β-unsaturated/α-hetero) is 1. The Kier molecular flexibility index (Phi) is 5.80. The molecule has 2 heterocycles. The van der Waals surface area contributed by atoms with Gasteiger partial charge in [-0.05, 0) is 79.7 Å². The molecule has 1 saturated heterocycles. The van der Waals surface area contributed by atoms with Crippen molar-refractivity contribution >= 4 is 21.2 Å². The molecule has 170 valence electrons. The van der Waals surface area contributed by atoms with Crippen molar-refractivity contribution in [2.24, 2.45) is 13.0 Å². The van der Waals surface area contributed by atoms with Gasteiger partial charge in [0.1, 0.15) is 0 Å². The second-order valence-corrected chi connectivity index (χ2v) is 11.6. The highest BCUT2D eigenvalue weighted by molar-refractivity contribution is 7.92. The molecule has 0 amide bonds. The lowest BCUT2D eigenvalue weighted by atomic mass is 9.90. The summed E-state index contributed by atoms with van der Waals surface area (Å²) in [6.45, 7) is 1.41. The molecule has 32 heavy (non-hydrogen) atoms. The van der Waals surface area contributed by atoms with E-state index >= 15 is 0 Å². The fraction of sp³-hybridized carbons (Fsp3) is 0.520. The van der Waals surface area contributed by atoms with Gasteiger partial charge in [-0.25, -0.2) is 8.42 Å². The quantitative estimate of drug-likeness (QED) is 0.566. The Morgan fingerprint density at radius 3 is 2.50 bits per heavy atom. The van der Waals surface area contributed by atoms with E-state index < -0.39 is 9.84 Å². The Bertz CT molecular complexity index is 1150. The van der Waals surface area contributed by atoms with Crippen LogP contribution in [-0.2, 0) is 32.8 Å². The third-order valence-electron chi connectivity index (χ3n) is 6.69. The van der Waals surface area contributed by atoms with E-state index in [1.165, 1.54) is 0 Å². The van der Waals surface area contributed by atoms with Crippen LogP contribution < -0.4 is 0 Å². The Labute approximate surface area is 189 Å². The molecule has 2 aliphatic carbocycles. The smallest absolute Gasteiger partial charge is 0.181 e. The van der Waals surface area contributed by atoms with Crippen molar-refractivity contribution in [2.45, 2.75) is 61.0 Å². The van der Waals surface area contributed by atoms with E-state index in [1.54, 1.807) is 10.7 Å². The molecule has 6 nitrogen and oxygen atoms in total. The van der Waals surface area contributed by atoms with Crippen LogP contribution >= 0.6 is 0 Å². The van der Waals surface area contributed by atoms with E-state index in [4.69, 9.17) is 4.74 Å². The fourth-order valence-electron chi connectivity index (χ4n) is 4.53. The SMILES string of the molecule is Cn1ccc(CC(=O)/C(=C/C2CCOCC2)c2ccc(S(=O)(=O)C3CC3)c(C3CC3)c2)n1. The highest BCUT2D eigenvalue weighted by atomic mass is 32.2. The van der Waals surface area contributed by atoms with Gasteiger partial charge in [-0.1, -0.05) is 12.1 Å². The number of allylic oxidation sites excluding steroid dienone is 2. The second kappa shape index (κ2) is 8.60. The predicted octanol–water partition coefficient (Wildman–Crippen LogP) is 3.86. The number of sulfone groups is 1. The van der Waals surface area contributed by atoms with Crippen LogP contribution in [0.15, 0.2) is 41.4 Å². The summed E-state index contributed by atoms with van der Waals surface area (Å²) in [5.74, 6) is 0.592. The average Bonchev–Trinajstić information content (AvgIpc) is 3.70. The van der Waals surface area contributed by atoms with Crippen molar-refractivity contribution in [1.82, 2.24) is 9.78 Å². The monoisotopic (exact) mass is 454 g/mol. The molecule has 0 spiro atoms. The Balaban J connectivity index is 1.52. The zero-order valence-corrected chi connectivity index (χ0v) is 19.3. The van der Waals surface area contributed by atoms with Crippen LogP contribution in [0.1, 0.15) is 61.3 Å². The van der Waals surface area contributed by atoms with Crippen molar-refractivity contribution < 1.29 is 17.9 Å². The number of hydrogen-bond donors (Lipinski definition) is 0. The van der Waals surface area contributed by atoms with Gasteiger partial charge in [0.15, 0.2) is 15.6 Å². The van der Waals surface area contributed by atoms with Crippen LogP contribution in [0.25, 0.3) is 5.57 Å². The number of carbonyl (C=O) groups is 1. The van der Waals surface area contributed by atoms with Gasteiger partial charge in [0.2, 0.25) is 0 Å². The summed E-state index contributed by atoms with van der Waals surface area (Å²) in [7, 11) is -1.43. The van der Waals surface area contributed by atoms with Gasteiger partial charge in [-0.15, -0.1) is 0 Å². The molecular formula is C25H30N2O4S. The minimum Gasteiger partial charge on any atom is -0.381 e. The minimum atomic E-state index is -3.27. The first-order valence-corrected chi connectivity index (χ1v) is 13.2. The molecule has 0 atom stereocenters. The summed E-state index contributed by atoms with van der Waals surface area (Å²) in [5, 5.41) is 4.14. The second-order valence-electron chi connectivity index (χ2n) is 9.38. The molecule has 2 saturated carbocycles. The summed E-state index contributed by atoms with van der Waals surface area (Å²) in [5.41, 5.74) is 3.15. The van der Waals surface area contributed by atoms with E-state index in [-0.39, 0.29) is 29.3 Å². The Morgan fingerprint density at radius 2 is 1.88 bits per heavy atom. The fourth-order valence-corrected chi connectivity index (χ4v) is 6.46. The highest BCUT2D eigenvalue weighted by Crippen LogP contribution is 2.46. The number of aromatic nitrogens is 2. The van der Waals surface area contributed by atoms with Gasteiger partial charge < -0.3 is 4.74 Å². The molecular weight excluding hydrogens is 424 g/mol. The number of ketones is 1. The summed E-state index contributed by atoms with van der Waals surface area (Å²) in [6, 6.07) is 7.43. The summed E-state index contributed by atoms with van der Waals surface area (Å²) >= 11 is 0. The number of hydrogen-bond acceptors (Lipinski definition) is 5. The normalized spacial score (nSPS) is 20.5. The summed E-state index contributed by atoms with van der Waals surface area (Å²) in [6.07, 6.45) is 9.49. The van der Waals surface area contributed by atoms with Gasteiger partial charge in [0, 0.05) is 32.0 Å². The predicted molar refractivity (Wildman–Crippen MR) is 122 cm³/mol.